The Balaban J connectivity index is 1.74. The van der Waals surface area contributed by atoms with Crippen molar-refractivity contribution in [3.8, 4) is 0 Å². The highest BCUT2D eigenvalue weighted by Crippen LogP contribution is 2.28. The third-order valence-corrected chi connectivity index (χ3v) is 4.00. The number of nitrogen functional groups attached to an aromatic ring is 1. The summed E-state index contributed by atoms with van der Waals surface area (Å²) < 4.78 is 0. The van der Waals surface area contributed by atoms with Gasteiger partial charge in [0.1, 0.15) is 0 Å². The number of amides is 1. The van der Waals surface area contributed by atoms with Gasteiger partial charge in [0.05, 0.1) is 5.56 Å². The standard InChI is InChI=1S/C16H24N2O/c1-12-8-9-14(15(17)11-12)16(19)18-10-4-7-13-5-2-3-6-13/h8-9,11,13H,2-7,10,17H2,1H3,(H,18,19). The summed E-state index contributed by atoms with van der Waals surface area (Å²) in [7, 11) is 0. The van der Waals surface area contributed by atoms with E-state index in [1.54, 1.807) is 6.07 Å². The smallest absolute Gasteiger partial charge is 0.253 e. The number of carbonyl (C=O) groups is 1. The van der Waals surface area contributed by atoms with E-state index in [0.29, 0.717) is 11.3 Å². The van der Waals surface area contributed by atoms with E-state index in [1.165, 1.54) is 32.1 Å². The van der Waals surface area contributed by atoms with Crippen molar-refractivity contribution in [3.63, 3.8) is 0 Å². The quantitative estimate of drug-likeness (QED) is 0.630. The van der Waals surface area contributed by atoms with Crippen molar-refractivity contribution in [1.29, 1.82) is 0 Å². The van der Waals surface area contributed by atoms with Gasteiger partial charge in [-0.3, -0.25) is 4.79 Å². The Labute approximate surface area is 115 Å². The number of nitrogens with two attached hydrogens (primary N) is 1. The maximum absolute atomic E-state index is 12.0. The van der Waals surface area contributed by atoms with Crippen LogP contribution in [0.3, 0.4) is 0 Å². The molecule has 0 aliphatic heterocycles. The summed E-state index contributed by atoms with van der Waals surface area (Å²) in [5, 5.41) is 2.96. The molecular formula is C16H24N2O. The summed E-state index contributed by atoms with van der Waals surface area (Å²) in [5.74, 6) is 0.838. The van der Waals surface area contributed by atoms with E-state index in [1.807, 2.05) is 19.1 Å². The van der Waals surface area contributed by atoms with Crippen molar-refractivity contribution in [2.24, 2.45) is 5.92 Å². The summed E-state index contributed by atoms with van der Waals surface area (Å²) in [6.07, 6.45) is 7.83. The van der Waals surface area contributed by atoms with Crippen LogP contribution in [0, 0.1) is 12.8 Å². The van der Waals surface area contributed by atoms with Gasteiger partial charge >= 0.3 is 0 Å². The van der Waals surface area contributed by atoms with Crippen LogP contribution in [0.15, 0.2) is 18.2 Å². The molecule has 1 aromatic rings. The summed E-state index contributed by atoms with van der Waals surface area (Å²) >= 11 is 0. The number of hydrogen-bond acceptors (Lipinski definition) is 2. The van der Waals surface area contributed by atoms with Gasteiger partial charge in [-0.15, -0.1) is 0 Å². The average molecular weight is 260 g/mol. The molecule has 0 heterocycles. The lowest BCUT2D eigenvalue weighted by Gasteiger charge is -2.10. The molecule has 1 aromatic carbocycles. The molecule has 0 bridgehead atoms. The largest absolute Gasteiger partial charge is 0.398 e. The fourth-order valence-electron chi connectivity index (χ4n) is 2.88. The molecular weight excluding hydrogens is 236 g/mol. The van der Waals surface area contributed by atoms with Gasteiger partial charge < -0.3 is 11.1 Å². The maximum atomic E-state index is 12.0. The average Bonchev–Trinajstić information content (AvgIpc) is 2.87. The Kier molecular flexibility index (Phi) is 4.83. The van der Waals surface area contributed by atoms with Crippen LogP contribution in [0.4, 0.5) is 5.69 Å². The monoisotopic (exact) mass is 260 g/mol. The summed E-state index contributed by atoms with van der Waals surface area (Å²) in [6, 6.07) is 5.56. The van der Waals surface area contributed by atoms with Crippen LogP contribution >= 0.6 is 0 Å². The molecule has 1 aliphatic rings. The predicted octanol–water partition coefficient (Wildman–Crippen LogP) is 3.28. The highest BCUT2D eigenvalue weighted by atomic mass is 16.1. The first-order valence-corrected chi connectivity index (χ1v) is 7.31. The zero-order valence-corrected chi connectivity index (χ0v) is 11.7. The van der Waals surface area contributed by atoms with Gasteiger partial charge in [-0.2, -0.15) is 0 Å². The predicted molar refractivity (Wildman–Crippen MR) is 79.1 cm³/mol. The molecule has 3 nitrogen and oxygen atoms in total. The van der Waals surface area contributed by atoms with Crippen LogP contribution in [0.2, 0.25) is 0 Å². The number of anilines is 1. The second-order valence-electron chi connectivity index (χ2n) is 5.64. The molecule has 0 saturated heterocycles. The van der Waals surface area contributed by atoms with Crippen molar-refractivity contribution < 1.29 is 4.79 Å². The molecule has 1 amide bonds. The Morgan fingerprint density at radius 1 is 1.37 bits per heavy atom. The summed E-state index contributed by atoms with van der Waals surface area (Å²) in [4.78, 5) is 12.0. The lowest BCUT2D eigenvalue weighted by Crippen LogP contribution is -2.25. The Morgan fingerprint density at radius 2 is 2.11 bits per heavy atom. The first kappa shape index (κ1) is 13.9. The van der Waals surface area contributed by atoms with Crippen LogP contribution in [0.25, 0.3) is 0 Å². The third-order valence-electron chi connectivity index (χ3n) is 4.00. The molecule has 3 N–H and O–H groups in total. The van der Waals surface area contributed by atoms with E-state index in [9.17, 15) is 4.79 Å². The summed E-state index contributed by atoms with van der Waals surface area (Å²) in [5.41, 5.74) is 8.10. The molecule has 1 fully saturated rings. The van der Waals surface area contributed by atoms with Gasteiger partial charge in [0.25, 0.3) is 5.91 Å². The fraction of sp³-hybridized carbons (Fsp3) is 0.562. The zero-order chi connectivity index (χ0) is 13.7. The molecule has 0 atom stereocenters. The highest BCUT2D eigenvalue weighted by Gasteiger charge is 2.14. The number of carbonyl (C=O) groups excluding carboxylic acids is 1. The van der Waals surface area contributed by atoms with Crippen molar-refractivity contribution in [2.75, 3.05) is 12.3 Å². The van der Waals surface area contributed by atoms with Gasteiger partial charge in [-0.05, 0) is 43.4 Å². The lowest BCUT2D eigenvalue weighted by atomic mass is 10.0. The minimum atomic E-state index is -0.0519. The summed E-state index contributed by atoms with van der Waals surface area (Å²) in [6.45, 7) is 2.72. The molecule has 0 aromatic heterocycles. The first-order chi connectivity index (χ1) is 9.16. The molecule has 0 unspecified atom stereocenters. The van der Waals surface area contributed by atoms with Crippen LogP contribution in [-0.2, 0) is 0 Å². The van der Waals surface area contributed by atoms with Gasteiger partial charge in [0.2, 0.25) is 0 Å². The van der Waals surface area contributed by atoms with E-state index < -0.39 is 0 Å². The molecule has 3 heteroatoms. The minimum Gasteiger partial charge on any atom is -0.398 e. The molecule has 0 radical (unpaired) electrons. The molecule has 1 aliphatic carbocycles. The number of benzene rings is 1. The van der Waals surface area contributed by atoms with Crippen molar-refractivity contribution in [2.45, 2.75) is 45.4 Å². The number of hydrogen-bond donors (Lipinski definition) is 2. The van der Waals surface area contributed by atoms with E-state index >= 15 is 0 Å². The number of rotatable bonds is 5. The SMILES string of the molecule is Cc1ccc(C(=O)NCCCC2CCCC2)c(N)c1. The Hall–Kier alpha value is -1.51. The fourth-order valence-corrected chi connectivity index (χ4v) is 2.88. The van der Waals surface area contributed by atoms with Crippen LogP contribution < -0.4 is 11.1 Å². The minimum absolute atomic E-state index is 0.0519. The van der Waals surface area contributed by atoms with Crippen molar-refractivity contribution >= 4 is 11.6 Å². The highest BCUT2D eigenvalue weighted by molar-refractivity contribution is 5.99. The topological polar surface area (TPSA) is 55.1 Å². The second-order valence-corrected chi connectivity index (χ2v) is 5.64. The lowest BCUT2D eigenvalue weighted by molar-refractivity contribution is 0.0953. The first-order valence-electron chi connectivity index (χ1n) is 7.31. The van der Waals surface area contributed by atoms with E-state index in [2.05, 4.69) is 5.32 Å². The van der Waals surface area contributed by atoms with Crippen LogP contribution in [0.1, 0.15) is 54.4 Å². The maximum Gasteiger partial charge on any atom is 0.253 e. The second kappa shape index (κ2) is 6.60. The van der Waals surface area contributed by atoms with E-state index in [4.69, 9.17) is 5.73 Å². The van der Waals surface area contributed by atoms with Gasteiger partial charge in [-0.1, -0.05) is 31.7 Å². The molecule has 2 rings (SSSR count). The number of aryl methyl sites for hydroxylation is 1. The van der Waals surface area contributed by atoms with Gasteiger partial charge in [0.15, 0.2) is 0 Å². The van der Waals surface area contributed by atoms with Crippen LogP contribution in [0.5, 0.6) is 0 Å². The van der Waals surface area contributed by atoms with Gasteiger partial charge in [0, 0.05) is 12.2 Å². The van der Waals surface area contributed by atoms with Crippen molar-refractivity contribution in [1.82, 2.24) is 5.32 Å². The third kappa shape index (κ3) is 3.98. The van der Waals surface area contributed by atoms with Crippen LogP contribution in [-0.4, -0.2) is 12.5 Å². The van der Waals surface area contributed by atoms with Crippen molar-refractivity contribution in [3.05, 3.63) is 29.3 Å². The number of nitrogens with one attached hydrogen (secondary N) is 1. The zero-order valence-electron chi connectivity index (χ0n) is 11.7. The molecule has 1 saturated carbocycles. The van der Waals surface area contributed by atoms with Gasteiger partial charge in [-0.25, -0.2) is 0 Å². The Morgan fingerprint density at radius 3 is 2.79 bits per heavy atom. The molecule has 104 valence electrons. The van der Waals surface area contributed by atoms with E-state index in [0.717, 1.165) is 24.4 Å². The Bertz CT molecular complexity index is 436. The molecule has 0 spiro atoms. The van der Waals surface area contributed by atoms with E-state index in [-0.39, 0.29) is 5.91 Å². The normalized spacial score (nSPS) is 15.6. The molecule has 19 heavy (non-hydrogen) atoms.